The molecule has 0 radical (unpaired) electrons. The summed E-state index contributed by atoms with van der Waals surface area (Å²) in [6.45, 7) is 10.7. The third kappa shape index (κ3) is 5.53. The van der Waals surface area contributed by atoms with Gasteiger partial charge in [-0.2, -0.15) is 0 Å². The van der Waals surface area contributed by atoms with Crippen molar-refractivity contribution in [3.8, 4) is 0 Å². The van der Waals surface area contributed by atoms with Crippen molar-refractivity contribution in [2.45, 2.75) is 84.2 Å². The van der Waals surface area contributed by atoms with E-state index in [-0.39, 0.29) is 0 Å². The fourth-order valence-electron chi connectivity index (χ4n) is 4.51. The summed E-state index contributed by atoms with van der Waals surface area (Å²) in [4.78, 5) is 2.70. The van der Waals surface area contributed by atoms with Crippen LogP contribution in [0.25, 0.3) is 0 Å². The zero-order valence-electron chi connectivity index (χ0n) is 16.2. The van der Waals surface area contributed by atoms with Crippen molar-refractivity contribution >= 4 is 8.80 Å². The van der Waals surface area contributed by atoms with Gasteiger partial charge in [-0.1, -0.05) is 32.1 Å². The first-order valence-corrected chi connectivity index (χ1v) is 12.2. The van der Waals surface area contributed by atoms with Gasteiger partial charge in [0.2, 0.25) is 0 Å². The number of likely N-dealkylation sites (tertiary alicyclic amines) is 1. The van der Waals surface area contributed by atoms with Crippen LogP contribution in [-0.2, 0) is 13.3 Å². The van der Waals surface area contributed by atoms with E-state index in [1.165, 1.54) is 70.9 Å². The van der Waals surface area contributed by atoms with Gasteiger partial charge in [-0.05, 0) is 58.9 Å². The van der Waals surface area contributed by atoms with Crippen molar-refractivity contribution in [2.75, 3.05) is 32.9 Å². The molecule has 0 spiro atoms. The summed E-state index contributed by atoms with van der Waals surface area (Å²) in [5, 5.41) is 0. The fourth-order valence-corrected chi connectivity index (χ4v) is 7.78. The van der Waals surface area contributed by atoms with E-state index in [9.17, 15) is 0 Å². The lowest BCUT2D eigenvalue weighted by molar-refractivity contribution is 0.0299. The van der Waals surface area contributed by atoms with E-state index in [0.29, 0.717) is 25.5 Å². The molecule has 1 aliphatic carbocycles. The molecule has 0 aromatic heterocycles. The molecule has 2 fully saturated rings. The summed E-state index contributed by atoms with van der Waals surface area (Å²) >= 11 is 0. The first-order chi connectivity index (χ1) is 11.8. The van der Waals surface area contributed by atoms with Gasteiger partial charge >= 0.3 is 8.80 Å². The Morgan fingerprint density at radius 2 is 1.29 bits per heavy atom. The topological polar surface area (TPSA) is 30.9 Å². The van der Waals surface area contributed by atoms with Crippen LogP contribution in [0, 0.1) is 5.92 Å². The molecule has 2 aliphatic rings. The lowest BCUT2D eigenvalue weighted by Crippen LogP contribution is -2.63. The van der Waals surface area contributed by atoms with Crippen LogP contribution in [0.2, 0.25) is 0 Å². The van der Waals surface area contributed by atoms with Crippen LogP contribution in [-0.4, -0.2) is 52.3 Å². The monoisotopic (exact) mass is 357 g/mol. The minimum absolute atomic E-state index is 0.349. The van der Waals surface area contributed by atoms with Crippen LogP contribution >= 0.6 is 0 Å². The van der Waals surface area contributed by atoms with Crippen molar-refractivity contribution in [2.24, 2.45) is 5.92 Å². The van der Waals surface area contributed by atoms with Gasteiger partial charge in [0.15, 0.2) is 0 Å². The number of hydrogen-bond donors (Lipinski definition) is 0. The van der Waals surface area contributed by atoms with Gasteiger partial charge in [0.25, 0.3) is 0 Å². The predicted molar refractivity (Wildman–Crippen MR) is 101 cm³/mol. The van der Waals surface area contributed by atoms with Crippen LogP contribution in [0.1, 0.15) is 78.6 Å². The van der Waals surface area contributed by atoms with Gasteiger partial charge in [-0.25, -0.2) is 0 Å². The minimum atomic E-state index is -2.65. The summed E-state index contributed by atoms with van der Waals surface area (Å²) in [5.74, 6) is 0.857. The van der Waals surface area contributed by atoms with Gasteiger partial charge in [-0.15, -0.1) is 0 Å². The maximum absolute atomic E-state index is 6.28. The Hall–Kier alpha value is 0.0569. The van der Waals surface area contributed by atoms with Gasteiger partial charge in [-0.3, -0.25) is 4.90 Å². The highest BCUT2D eigenvalue weighted by atomic mass is 28.4. The lowest BCUT2D eigenvalue weighted by Gasteiger charge is -2.42. The van der Waals surface area contributed by atoms with Crippen molar-refractivity contribution in [3.05, 3.63) is 0 Å². The second-order valence-electron chi connectivity index (χ2n) is 7.27. The van der Waals surface area contributed by atoms with Gasteiger partial charge in [0.05, 0.1) is 5.67 Å². The molecule has 1 atom stereocenters. The highest BCUT2D eigenvalue weighted by molar-refractivity contribution is 6.62. The molecule has 0 aromatic carbocycles. The van der Waals surface area contributed by atoms with E-state index in [2.05, 4.69) is 25.7 Å². The van der Waals surface area contributed by atoms with Crippen molar-refractivity contribution < 1.29 is 13.3 Å². The molecule has 142 valence electrons. The third-order valence-electron chi connectivity index (χ3n) is 5.53. The number of rotatable bonds is 9. The van der Waals surface area contributed by atoms with Crippen molar-refractivity contribution in [1.29, 1.82) is 0 Å². The van der Waals surface area contributed by atoms with E-state index in [0.717, 1.165) is 5.92 Å². The molecular formula is C19H39NO3Si. The Morgan fingerprint density at radius 1 is 0.750 bits per heavy atom. The summed E-state index contributed by atoms with van der Waals surface area (Å²) in [6, 6.07) is 0. The molecule has 0 bridgehead atoms. The second-order valence-corrected chi connectivity index (χ2v) is 10.0. The molecule has 5 heteroatoms. The Kier molecular flexibility index (Phi) is 9.26. The first kappa shape index (κ1) is 20.4. The maximum atomic E-state index is 6.28. The molecule has 1 aliphatic heterocycles. The second kappa shape index (κ2) is 10.9. The van der Waals surface area contributed by atoms with E-state index in [1.807, 2.05) is 0 Å². The molecule has 0 amide bonds. The molecule has 0 aromatic rings. The fraction of sp³-hybridized carbons (Fsp3) is 1.00. The standard InChI is InChI=1S/C19H39NO3Si/c1-4-21-24(22-5-2,23-6-3)19-15-11-8-12-16-20(19)17-18-13-9-7-10-14-18/h18-19H,4-17H2,1-3H3. The lowest BCUT2D eigenvalue weighted by atomic mass is 9.89. The average Bonchev–Trinajstić information content (AvgIpc) is 2.82. The predicted octanol–water partition coefficient (Wildman–Crippen LogP) is 4.40. The van der Waals surface area contributed by atoms with Crippen molar-refractivity contribution in [3.63, 3.8) is 0 Å². The third-order valence-corrected chi connectivity index (χ3v) is 9.07. The molecule has 1 saturated carbocycles. The van der Waals surface area contributed by atoms with Gasteiger partial charge < -0.3 is 13.3 Å². The van der Waals surface area contributed by atoms with Gasteiger partial charge in [0.1, 0.15) is 0 Å². The Labute approximate surface area is 150 Å². The zero-order valence-corrected chi connectivity index (χ0v) is 17.2. The Bertz CT molecular complexity index is 320. The van der Waals surface area contributed by atoms with E-state index >= 15 is 0 Å². The molecule has 1 heterocycles. The number of hydrogen-bond acceptors (Lipinski definition) is 4. The first-order valence-electron chi connectivity index (χ1n) is 10.4. The highest BCUT2D eigenvalue weighted by Crippen LogP contribution is 2.31. The van der Waals surface area contributed by atoms with Crippen LogP contribution in [0.5, 0.6) is 0 Å². The van der Waals surface area contributed by atoms with Crippen molar-refractivity contribution in [1.82, 2.24) is 4.90 Å². The smallest absolute Gasteiger partial charge is 0.373 e. The number of nitrogens with zero attached hydrogens (tertiary/aromatic N) is 1. The summed E-state index contributed by atoms with van der Waals surface area (Å²) in [6.07, 6.45) is 12.1. The van der Waals surface area contributed by atoms with Crippen LogP contribution in [0.3, 0.4) is 0 Å². The Morgan fingerprint density at radius 3 is 1.88 bits per heavy atom. The SMILES string of the molecule is CCO[Si](OCC)(OCC)C1CCCCCN1CC1CCCCC1. The molecule has 4 nitrogen and oxygen atoms in total. The maximum Gasteiger partial charge on any atom is 0.519 e. The van der Waals surface area contributed by atoms with Crippen LogP contribution in [0.4, 0.5) is 0 Å². The molecule has 1 unspecified atom stereocenters. The van der Waals surface area contributed by atoms with E-state index in [4.69, 9.17) is 13.3 Å². The minimum Gasteiger partial charge on any atom is -0.373 e. The molecule has 0 N–H and O–H groups in total. The summed E-state index contributed by atoms with van der Waals surface area (Å²) in [5.41, 5.74) is 0.349. The quantitative estimate of drug-likeness (QED) is 0.572. The molecular weight excluding hydrogens is 318 g/mol. The molecule has 2 rings (SSSR count). The average molecular weight is 358 g/mol. The van der Waals surface area contributed by atoms with Crippen LogP contribution < -0.4 is 0 Å². The largest absolute Gasteiger partial charge is 0.519 e. The summed E-state index contributed by atoms with van der Waals surface area (Å²) < 4.78 is 18.8. The molecule has 1 saturated heterocycles. The van der Waals surface area contributed by atoms with Gasteiger partial charge in [0, 0.05) is 26.4 Å². The normalized spacial score (nSPS) is 24.9. The van der Waals surface area contributed by atoms with E-state index in [1.54, 1.807) is 0 Å². The highest BCUT2D eigenvalue weighted by Gasteiger charge is 2.52. The van der Waals surface area contributed by atoms with Crippen LogP contribution in [0.15, 0.2) is 0 Å². The Balaban J connectivity index is 2.16. The zero-order chi connectivity index (χ0) is 17.3. The molecule has 24 heavy (non-hydrogen) atoms. The van der Waals surface area contributed by atoms with E-state index < -0.39 is 8.80 Å². The summed E-state index contributed by atoms with van der Waals surface area (Å²) in [7, 11) is -2.65.